The molecule has 0 fully saturated rings. The van der Waals surface area contributed by atoms with E-state index in [2.05, 4.69) is 109 Å². The van der Waals surface area contributed by atoms with Gasteiger partial charge in [-0.15, -0.1) is 0 Å². The first-order valence-electron chi connectivity index (χ1n) is 21.8. The molecule has 0 aliphatic carbocycles. The fraction of sp³-hybridized carbons (Fsp3) is 0. The molecular weight excluding hydrogens is 807 g/mol. The SMILES string of the molecule is c1ccc(-c2cc(-c3ccc(-c4ccc(-c5nc(-c6ccccc6)cc(-c6ccccc6)n5)cc4)cn3)nc(-c3ccc(-c4nc(-c5ccccc5)cc(-c5ccccc5)n4)cn3)c2)cc1. The standard InChI is InChI=1S/C59H39N7/c1-6-16-40(17-7-1)49-34-56(62-57(35-49)51-33-31-48(39-61-51)59-65-54(44-22-12-4-13-23-44)37-55(66-59)45-24-14-5-15-25-45)50-32-30-47(38-60-50)41-26-28-46(29-27-41)58-63-52(42-18-8-2-9-19-42)36-53(64-58)43-20-10-3-11-21-43/h1-39H. The van der Waals surface area contributed by atoms with E-state index in [9.17, 15) is 0 Å². The van der Waals surface area contributed by atoms with E-state index >= 15 is 0 Å². The van der Waals surface area contributed by atoms with Gasteiger partial charge in [0.2, 0.25) is 0 Å². The molecule has 11 aromatic rings. The van der Waals surface area contributed by atoms with Crippen LogP contribution in [0.3, 0.4) is 0 Å². The summed E-state index contributed by atoms with van der Waals surface area (Å²) in [5.41, 5.74) is 16.4. The average molecular weight is 846 g/mol. The topological polar surface area (TPSA) is 90.2 Å². The van der Waals surface area contributed by atoms with Crippen molar-refractivity contribution < 1.29 is 0 Å². The third-order valence-electron chi connectivity index (χ3n) is 11.4. The van der Waals surface area contributed by atoms with Gasteiger partial charge < -0.3 is 0 Å². The van der Waals surface area contributed by atoms with Gasteiger partial charge in [-0.25, -0.2) is 24.9 Å². The van der Waals surface area contributed by atoms with Crippen LogP contribution in [-0.4, -0.2) is 34.9 Å². The number of pyridine rings is 3. The van der Waals surface area contributed by atoms with Crippen molar-refractivity contribution in [2.75, 3.05) is 0 Å². The van der Waals surface area contributed by atoms with Crippen LogP contribution in [0.25, 0.3) is 113 Å². The third kappa shape index (κ3) is 8.52. The lowest BCUT2D eigenvalue weighted by Gasteiger charge is -2.11. The molecule has 0 saturated carbocycles. The highest BCUT2D eigenvalue weighted by Crippen LogP contribution is 2.33. The first kappa shape index (κ1) is 39.8. The number of nitrogens with zero attached hydrogens (tertiary/aromatic N) is 7. The Balaban J connectivity index is 0.899. The van der Waals surface area contributed by atoms with Crippen molar-refractivity contribution in [2.24, 2.45) is 0 Å². The van der Waals surface area contributed by atoms with Crippen molar-refractivity contribution in [2.45, 2.75) is 0 Å². The fourth-order valence-electron chi connectivity index (χ4n) is 7.98. The largest absolute Gasteiger partial charge is 0.254 e. The second-order valence-corrected chi connectivity index (χ2v) is 15.8. The lowest BCUT2D eigenvalue weighted by Crippen LogP contribution is -1.97. The van der Waals surface area contributed by atoms with Crippen LogP contribution in [0.1, 0.15) is 0 Å². The maximum absolute atomic E-state index is 5.14. The highest BCUT2D eigenvalue weighted by Gasteiger charge is 2.15. The van der Waals surface area contributed by atoms with Crippen LogP contribution >= 0.6 is 0 Å². The van der Waals surface area contributed by atoms with Gasteiger partial charge in [0.1, 0.15) is 0 Å². The monoisotopic (exact) mass is 845 g/mol. The molecule has 0 aliphatic rings. The maximum atomic E-state index is 5.14. The summed E-state index contributed by atoms with van der Waals surface area (Å²) in [4.78, 5) is 35.1. The minimum atomic E-state index is 0.600. The molecular formula is C59H39N7. The Bertz CT molecular complexity index is 3290. The zero-order valence-corrected chi connectivity index (χ0v) is 35.6. The first-order valence-corrected chi connectivity index (χ1v) is 21.8. The number of hydrogen-bond acceptors (Lipinski definition) is 7. The van der Waals surface area contributed by atoms with Gasteiger partial charge in [0.15, 0.2) is 11.6 Å². The summed E-state index contributed by atoms with van der Waals surface area (Å²) in [6.07, 6.45) is 3.73. The molecule has 5 aromatic heterocycles. The number of aromatic nitrogens is 7. The smallest absolute Gasteiger partial charge is 0.161 e. The molecule has 0 aliphatic heterocycles. The van der Waals surface area contributed by atoms with Gasteiger partial charge in [0.25, 0.3) is 0 Å². The Morgan fingerprint density at radius 3 is 0.879 bits per heavy atom. The van der Waals surface area contributed by atoms with Crippen molar-refractivity contribution in [3.63, 3.8) is 0 Å². The number of benzene rings is 6. The van der Waals surface area contributed by atoms with Crippen molar-refractivity contribution in [1.82, 2.24) is 34.9 Å². The number of hydrogen-bond donors (Lipinski definition) is 0. The van der Waals surface area contributed by atoms with E-state index in [0.717, 1.165) is 101 Å². The molecule has 0 bridgehead atoms. The van der Waals surface area contributed by atoms with Gasteiger partial charge in [-0.1, -0.05) is 182 Å². The minimum Gasteiger partial charge on any atom is -0.254 e. The van der Waals surface area contributed by atoms with E-state index in [0.29, 0.717) is 11.6 Å². The molecule has 0 radical (unpaired) electrons. The molecule has 5 heterocycles. The molecule has 11 rings (SSSR count). The summed E-state index contributed by atoms with van der Waals surface area (Å²) >= 11 is 0. The highest BCUT2D eigenvalue weighted by atomic mass is 14.9. The summed E-state index contributed by atoms with van der Waals surface area (Å²) in [5.74, 6) is 1.27. The van der Waals surface area contributed by atoms with E-state index in [1.54, 1.807) is 0 Å². The molecule has 66 heavy (non-hydrogen) atoms. The van der Waals surface area contributed by atoms with Crippen molar-refractivity contribution in [3.05, 3.63) is 237 Å². The van der Waals surface area contributed by atoms with Gasteiger partial charge in [-0.2, -0.15) is 0 Å². The highest BCUT2D eigenvalue weighted by molar-refractivity contribution is 5.78. The Hall–Kier alpha value is -9.07. The Morgan fingerprint density at radius 1 is 0.182 bits per heavy atom. The fourth-order valence-corrected chi connectivity index (χ4v) is 7.98. The van der Waals surface area contributed by atoms with Crippen LogP contribution in [-0.2, 0) is 0 Å². The average Bonchev–Trinajstić information content (AvgIpc) is 3.42. The van der Waals surface area contributed by atoms with Gasteiger partial charge >= 0.3 is 0 Å². The predicted molar refractivity (Wildman–Crippen MR) is 265 cm³/mol. The summed E-state index contributed by atoms with van der Waals surface area (Å²) in [7, 11) is 0. The van der Waals surface area contributed by atoms with Crippen LogP contribution in [0, 0.1) is 0 Å². The predicted octanol–water partition coefficient (Wildman–Crippen LogP) is 14.1. The minimum absolute atomic E-state index is 0.600. The van der Waals surface area contributed by atoms with Gasteiger partial charge in [0, 0.05) is 51.3 Å². The van der Waals surface area contributed by atoms with Crippen LogP contribution < -0.4 is 0 Å². The summed E-state index contributed by atoms with van der Waals surface area (Å²) in [6, 6.07) is 75.9. The first-order chi connectivity index (χ1) is 32.7. The second-order valence-electron chi connectivity index (χ2n) is 15.8. The van der Waals surface area contributed by atoms with E-state index in [4.69, 9.17) is 34.9 Å². The summed E-state index contributed by atoms with van der Waals surface area (Å²) in [5, 5.41) is 0. The van der Waals surface area contributed by atoms with Crippen LogP contribution in [0.5, 0.6) is 0 Å². The molecule has 0 atom stereocenters. The Labute approximate surface area is 383 Å². The molecule has 0 saturated heterocycles. The summed E-state index contributed by atoms with van der Waals surface area (Å²) in [6.45, 7) is 0. The van der Waals surface area contributed by atoms with E-state index in [-0.39, 0.29) is 0 Å². The molecule has 0 spiro atoms. The Kier molecular flexibility index (Phi) is 10.8. The third-order valence-corrected chi connectivity index (χ3v) is 11.4. The zero-order valence-electron chi connectivity index (χ0n) is 35.6. The van der Waals surface area contributed by atoms with E-state index in [1.807, 2.05) is 128 Å². The quantitative estimate of drug-likeness (QED) is 0.135. The van der Waals surface area contributed by atoms with E-state index in [1.165, 1.54) is 0 Å². The van der Waals surface area contributed by atoms with E-state index < -0.39 is 0 Å². The zero-order chi connectivity index (χ0) is 44.1. The van der Waals surface area contributed by atoms with Crippen molar-refractivity contribution in [3.8, 4) is 113 Å². The Morgan fingerprint density at radius 2 is 0.500 bits per heavy atom. The van der Waals surface area contributed by atoms with Gasteiger partial charge in [0.05, 0.1) is 45.6 Å². The molecule has 0 unspecified atom stereocenters. The summed E-state index contributed by atoms with van der Waals surface area (Å²) < 4.78 is 0. The molecule has 7 nitrogen and oxygen atoms in total. The van der Waals surface area contributed by atoms with Crippen LogP contribution in [0.4, 0.5) is 0 Å². The van der Waals surface area contributed by atoms with Crippen molar-refractivity contribution in [1.29, 1.82) is 0 Å². The van der Waals surface area contributed by atoms with Crippen molar-refractivity contribution >= 4 is 0 Å². The lowest BCUT2D eigenvalue weighted by molar-refractivity contribution is 1.17. The maximum Gasteiger partial charge on any atom is 0.161 e. The molecule has 7 heteroatoms. The second kappa shape index (κ2) is 18.0. The normalized spacial score (nSPS) is 11.0. The lowest BCUT2D eigenvalue weighted by atomic mass is 10.0. The van der Waals surface area contributed by atoms with Gasteiger partial charge in [-0.05, 0) is 59.2 Å². The molecule has 0 N–H and O–H groups in total. The van der Waals surface area contributed by atoms with Crippen LogP contribution in [0.15, 0.2) is 237 Å². The molecule has 310 valence electrons. The molecule has 6 aromatic carbocycles. The number of rotatable bonds is 10. The van der Waals surface area contributed by atoms with Gasteiger partial charge in [-0.3, -0.25) is 9.97 Å². The van der Waals surface area contributed by atoms with Crippen LogP contribution in [0.2, 0.25) is 0 Å². The molecule has 0 amide bonds.